The van der Waals surface area contributed by atoms with Crippen LogP contribution in [0.15, 0.2) is 48.5 Å². The minimum Gasteiger partial charge on any atom is -0.507 e. The zero-order valence-corrected chi connectivity index (χ0v) is 13.2. The van der Waals surface area contributed by atoms with Crippen molar-refractivity contribution in [3.8, 4) is 11.5 Å². The number of carbonyl (C=O) groups excluding carboxylic acids is 2. The molecule has 2 aromatic carbocycles. The van der Waals surface area contributed by atoms with Crippen molar-refractivity contribution in [1.29, 1.82) is 0 Å². The molecule has 5 heteroatoms. The molecular weight excluding hydrogens is 296 g/mol. The van der Waals surface area contributed by atoms with Gasteiger partial charge in [0.2, 0.25) is 0 Å². The normalized spacial score (nSPS) is 10.9. The minimum absolute atomic E-state index is 0.0199. The summed E-state index contributed by atoms with van der Waals surface area (Å²) in [6.45, 7) is 5.25. The van der Waals surface area contributed by atoms with Crippen LogP contribution in [0, 0.1) is 0 Å². The van der Waals surface area contributed by atoms with Crippen LogP contribution in [0.4, 0.5) is 0 Å². The molecule has 23 heavy (non-hydrogen) atoms. The molecule has 0 bridgehead atoms. The number of phenols is 1. The number of hydrogen-bond acceptors (Lipinski definition) is 5. The summed E-state index contributed by atoms with van der Waals surface area (Å²) in [5.74, 6) is -1.44. The minimum atomic E-state index is -0.751. The van der Waals surface area contributed by atoms with Crippen molar-refractivity contribution in [1.82, 2.24) is 0 Å². The average molecular weight is 314 g/mol. The molecule has 0 heterocycles. The summed E-state index contributed by atoms with van der Waals surface area (Å²) in [5.41, 5.74) is -0.496. The van der Waals surface area contributed by atoms with Crippen LogP contribution in [-0.4, -0.2) is 22.6 Å². The molecule has 0 aliphatic rings. The van der Waals surface area contributed by atoms with Gasteiger partial charge >= 0.3 is 11.9 Å². The van der Waals surface area contributed by atoms with Crippen molar-refractivity contribution in [2.75, 3.05) is 0 Å². The Balaban J connectivity index is 2.26. The van der Waals surface area contributed by atoms with E-state index in [4.69, 9.17) is 9.47 Å². The summed E-state index contributed by atoms with van der Waals surface area (Å²) >= 11 is 0. The van der Waals surface area contributed by atoms with Gasteiger partial charge in [-0.2, -0.15) is 0 Å². The van der Waals surface area contributed by atoms with Crippen molar-refractivity contribution in [3.05, 3.63) is 59.7 Å². The van der Waals surface area contributed by atoms with E-state index in [0.717, 1.165) is 0 Å². The molecule has 5 nitrogen and oxygen atoms in total. The van der Waals surface area contributed by atoms with E-state index in [0.29, 0.717) is 0 Å². The second-order valence-corrected chi connectivity index (χ2v) is 5.90. The molecule has 120 valence electrons. The first-order valence-electron chi connectivity index (χ1n) is 7.10. The number of ether oxygens (including phenoxy) is 2. The van der Waals surface area contributed by atoms with Gasteiger partial charge in [0.15, 0.2) is 0 Å². The lowest BCUT2D eigenvalue weighted by Gasteiger charge is -2.20. The number of hydrogen-bond donors (Lipinski definition) is 1. The molecule has 1 N–H and O–H groups in total. The van der Waals surface area contributed by atoms with Crippen LogP contribution < -0.4 is 4.74 Å². The molecule has 0 aromatic heterocycles. The molecule has 0 aliphatic carbocycles. The highest BCUT2D eigenvalue weighted by Gasteiger charge is 2.22. The van der Waals surface area contributed by atoms with Crippen LogP contribution in [-0.2, 0) is 4.74 Å². The first-order chi connectivity index (χ1) is 10.8. The molecule has 2 aromatic rings. The number of carbonyl (C=O) groups is 2. The molecule has 0 atom stereocenters. The predicted octanol–water partition coefficient (Wildman–Crippen LogP) is 3.57. The topological polar surface area (TPSA) is 72.8 Å². The Hall–Kier alpha value is -2.82. The SMILES string of the molecule is CC(C)(C)OC(=O)c1ccccc1OC(=O)c1ccccc1O. The van der Waals surface area contributed by atoms with E-state index in [2.05, 4.69) is 0 Å². The Morgan fingerprint density at radius 3 is 2.04 bits per heavy atom. The van der Waals surface area contributed by atoms with E-state index in [1.54, 1.807) is 45.0 Å². The molecule has 0 unspecified atom stereocenters. The van der Waals surface area contributed by atoms with Crippen molar-refractivity contribution in [3.63, 3.8) is 0 Å². The van der Waals surface area contributed by atoms with Gasteiger partial charge in [-0.25, -0.2) is 9.59 Å². The molecule has 0 saturated heterocycles. The Morgan fingerprint density at radius 2 is 1.43 bits per heavy atom. The number of phenolic OH excluding ortho intramolecular Hbond substituents is 1. The van der Waals surface area contributed by atoms with Gasteiger partial charge in [0, 0.05) is 0 Å². The zero-order valence-electron chi connectivity index (χ0n) is 13.2. The fraction of sp³-hybridized carbons (Fsp3) is 0.222. The third-order valence-corrected chi connectivity index (χ3v) is 2.83. The van der Waals surface area contributed by atoms with Crippen LogP contribution >= 0.6 is 0 Å². The highest BCUT2D eigenvalue weighted by atomic mass is 16.6. The largest absolute Gasteiger partial charge is 0.507 e. The van der Waals surface area contributed by atoms with Gasteiger partial charge < -0.3 is 14.6 Å². The van der Waals surface area contributed by atoms with Crippen LogP contribution in [0.1, 0.15) is 41.5 Å². The highest BCUT2D eigenvalue weighted by molar-refractivity contribution is 5.97. The summed E-state index contributed by atoms with van der Waals surface area (Å²) in [4.78, 5) is 24.4. The first-order valence-corrected chi connectivity index (χ1v) is 7.10. The van der Waals surface area contributed by atoms with E-state index >= 15 is 0 Å². The maximum Gasteiger partial charge on any atom is 0.347 e. The van der Waals surface area contributed by atoms with Gasteiger partial charge in [-0.1, -0.05) is 24.3 Å². The molecule has 0 aliphatic heterocycles. The van der Waals surface area contributed by atoms with Crippen LogP contribution in [0.3, 0.4) is 0 Å². The summed E-state index contributed by atoms with van der Waals surface area (Å²) in [6, 6.07) is 12.3. The number of aromatic hydroxyl groups is 1. The lowest BCUT2D eigenvalue weighted by atomic mass is 10.1. The van der Waals surface area contributed by atoms with Gasteiger partial charge in [-0.05, 0) is 45.0 Å². The maximum absolute atomic E-state index is 12.2. The predicted molar refractivity (Wildman–Crippen MR) is 84.7 cm³/mol. The Kier molecular flexibility index (Phi) is 4.69. The van der Waals surface area contributed by atoms with Gasteiger partial charge in [0.25, 0.3) is 0 Å². The van der Waals surface area contributed by atoms with Crippen molar-refractivity contribution < 1.29 is 24.2 Å². The second kappa shape index (κ2) is 6.52. The smallest absolute Gasteiger partial charge is 0.347 e. The van der Waals surface area contributed by atoms with E-state index in [1.807, 2.05) is 0 Å². The van der Waals surface area contributed by atoms with E-state index in [9.17, 15) is 14.7 Å². The van der Waals surface area contributed by atoms with Crippen molar-refractivity contribution in [2.24, 2.45) is 0 Å². The highest BCUT2D eigenvalue weighted by Crippen LogP contribution is 2.24. The lowest BCUT2D eigenvalue weighted by Crippen LogP contribution is -2.24. The van der Waals surface area contributed by atoms with E-state index in [-0.39, 0.29) is 22.6 Å². The zero-order chi connectivity index (χ0) is 17.0. The standard InChI is InChI=1S/C18H18O5/c1-18(2,3)23-17(21)13-9-5-7-11-15(13)22-16(20)12-8-4-6-10-14(12)19/h4-11,19H,1-3H3. The molecule has 0 amide bonds. The lowest BCUT2D eigenvalue weighted by molar-refractivity contribution is 0.00669. The van der Waals surface area contributed by atoms with Gasteiger partial charge in [0.1, 0.15) is 28.2 Å². The summed E-state index contributed by atoms with van der Waals surface area (Å²) in [6.07, 6.45) is 0. The van der Waals surface area contributed by atoms with E-state index < -0.39 is 17.5 Å². The Morgan fingerprint density at radius 1 is 0.870 bits per heavy atom. The molecule has 0 spiro atoms. The van der Waals surface area contributed by atoms with Gasteiger partial charge in [-0.3, -0.25) is 0 Å². The molecule has 2 rings (SSSR count). The fourth-order valence-electron chi connectivity index (χ4n) is 1.86. The Labute approximate surface area is 134 Å². The first kappa shape index (κ1) is 16.5. The van der Waals surface area contributed by atoms with E-state index in [1.165, 1.54) is 24.3 Å². The van der Waals surface area contributed by atoms with Crippen LogP contribution in [0.25, 0.3) is 0 Å². The second-order valence-electron chi connectivity index (χ2n) is 5.90. The number of rotatable bonds is 3. The molecule has 0 radical (unpaired) electrons. The van der Waals surface area contributed by atoms with Gasteiger partial charge in [-0.15, -0.1) is 0 Å². The summed E-state index contributed by atoms with van der Waals surface area (Å²) in [7, 11) is 0. The summed E-state index contributed by atoms with van der Waals surface area (Å²) < 4.78 is 10.5. The fourth-order valence-corrected chi connectivity index (χ4v) is 1.86. The average Bonchev–Trinajstić information content (AvgIpc) is 2.46. The number of esters is 2. The maximum atomic E-state index is 12.2. The van der Waals surface area contributed by atoms with Crippen LogP contribution in [0.5, 0.6) is 11.5 Å². The number of para-hydroxylation sites is 2. The van der Waals surface area contributed by atoms with Crippen molar-refractivity contribution >= 4 is 11.9 Å². The molecule has 0 fully saturated rings. The summed E-state index contributed by atoms with van der Waals surface area (Å²) in [5, 5.41) is 9.70. The van der Waals surface area contributed by atoms with Crippen LogP contribution in [0.2, 0.25) is 0 Å². The Bertz CT molecular complexity index is 728. The van der Waals surface area contributed by atoms with Gasteiger partial charge in [0.05, 0.1) is 0 Å². The monoisotopic (exact) mass is 314 g/mol. The quantitative estimate of drug-likeness (QED) is 0.692. The number of benzene rings is 2. The third-order valence-electron chi connectivity index (χ3n) is 2.83. The van der Waals surface area contributed by atoms with Crippen molar-refractivity contribution in [2.45, 2.75) is 26.4 Å². The molecule has 0 saturated carbocycles. The molecular formula is C18H18O5. The third kappa shape index (κ3) is 4.32.